The van der Waals surface area contributed by atoms with E-state index in [0.717, 1.165) is 0 Å². The quantitative estimate of drug-likeness (QED) is 0.601. The fourth-order valence-electron chi connectivity index (χ4n) is 1.40. The highest BCUT2D eigenvalue weighted by atomic mass is 14.4. The predicted molar refractivity (Wildman–Crippen MR) is 99.1 cm³/mol. The van der Waals surface area contributed by atoms with Crippen molar-refractivity contribution >= 4 is 5.71 Å². The summed E-state index contributed by atoms with van der Waals surface area (Å²) in [4.78, 5) is 0. The van der Waals surface area contributed by atoms with Crippen LogP contribution in [0.2, 0.25) is 0 Å². The molecule has 0 saturated heterocycles. The van der Waals surface area contributed by atoms with E-state index in [4.69, 9.17) is 5.41 Å². The number of rotatable bonds is 0. The van der Waals surface area contributed by atoms with Crippen molar-refractivity contribution in [2.24, 2.45) is 0 Å². The SMILES string of the molecule is N=C1C=C/C=C/C=C\C=C/C=C/C=C/C=C/C=C\C=C/C=C/1. The molecule has 0 bridgehead atoms. The van der Waals surface area contributed by atoms with Crippen LogP contribution in [0.5, 0.6) is 0 Å². The molecule has 22 heavy (non-hydrogen) atoms. The van der Waals surface area contributed by atoms with Crippen LogP contribution >= 0.6 is 0 Å². The molecule has 1 nitrogen and oxygen atoms in total. The van der Waals surface area contributed by atoms with Gasteiger partial charge in [-0.15, -0.1) is 0 Å². The Balaban J connectivity index is 2.74. The molecule has 0 heterocycles. The van der Waals surface area contributed by atoms with E-state index >= 15 is 0 Å². The molecule has 0 aromatic rings. The Morgan fingerprint density at radius 2 is 0.500 bits per heavy atom. The minimum absolute atomic E-state index is 0.461. The van der Waals surface area contributed by atoms with Gasteiger partial charge in [0.25, 0.3) is 0 Å². The van der Waals surface area contributed by atoms with E-state index in [9.17, 15) is 0 Å². The van der Waals surface area contributed by atoms with Gasteiger partial charge in [0, 0.05) is 0 Å². The lowest BCUT2D eigenvalue weighted by molar-refractivity contribution is 1.53. The van der Waals surface area contributed by atoms with Crippen LogP contribution in [-0.2, 0) is 0 Å². The van der Waals surface area contributed by atoms with Crippen molar-refractivity contribution in [1.82, 2.24) is 0 Å². The molecule has 0 aromatic carbocycles. The number of allylic oxidation sites excluding steroid dienone is 20. The summed E-state index contributed by atoms with van der Waals surface area (Å²) in [6.07, 6.45) is 38.5. The van der Waals surface area contributed by atoms with E-state index in [0.29, 0.717) is 5.71 Å². The average Bonchev–Trinajstić information content (AvgIpc) is 2.52. The third kappa shape index (κ3) is 10.9. The topological polar surface area (TPSA) is 23.9 Å². The standard InChI is InChI=1S/C21H21N/c22-21-19-17-15-13-11-9-7-5-3-1-2-4-6-8-10-12-14-16-18-20-21/h1-20,22H/b3-1+,4-2+,7-5-,8-6+,11-9-,12-10-,15-13+,16-14-,19-17?,20-18+,22-21?. The minimum atomic E-state index is 0.461. The summed E-state index contributed by atoms with van der Waals surface area (Å²) in [5.41, 5.74) is 0.461. The van der Waals surface area contributed by atoms with E-state index in [1.54, 1.807) is 12.2 Å². The maximum absolute atomic E-state index is 7.72. The van der Waals surface area contributed by atoms with Crippen LogP contribution in [0.3, 0.4) is 0 Å². The van der Waals surface area contributed by atoms with Crippen molar-refractivity contribution < 1.29 is 0 Å². The van der Waals surface area contributed by atoms with Gasteiger partial charge in [-0.05, 0) is 12.2 Å². The highest BCUT2D eigenvalue weighted by Crippen LogP contribution is 1.89. The molecule has 1 heteroatoms. The Labute approximate surface area is 133 Å². The van der Waals surface area contributed by atoms with Crippen molar-refractivity contribution in [1.29, 1.82) is 5.41 Å². The molecular formula is C21H21N. The maximum Gasteiger partial charge on any atom is 0.0539 e. The van der Waals surface area contributed by atoms with E-state index in [-0.39, 0.29) is 0 Å². The van der Waals surface area contributed by atoms with Gasteiger partial charge in [0.05, 0.1) is 5.71 Å². The molecule has 0 radical (unpaired) electrons. The van der Waals surface area contributed by atoms with Gasteiger partial charge in [0.2, 0.25) is 0 Å². The molecule has 1 N–H and O–H groups in total. The lowest BCUT2D eigenvalue weighted by Crippen LogP contribution is -1.80. The summed E-state index contributed by atoms with van der Waals surface area (Å²) in [5.74, 6) is 0. The van der Waals surface area contributed by atoms with E-state index in [1.165, 1.54) is 0 Å². The Kier molecular flexibility index (Phi) is 10.2. The number of nitrogens with one attached hydrogen (secondary N) is 1. The lowest BCUT2D eigenvalue weighted by atomic mass is 10.3. The van der Waals surface area contributed by atoms with E-state index < -0.39 is 0 Å². The molecule has 0 amide bonds. The summed E-state index contributed by atoms with van der Waals surface area (Å²) < 4.78 is 0. The molecule has 0 aliphatic heterocycles. The van der Waals surface area contributed by atoms with Crippen LogP contribution in [-0.4, -0.2) is 5.71 Å². The first-order valence-corrected chi connectivity index (χ1v) is 7.16. The Morgan fingerprint density at radius 1 is 0.318 bits per heavy atom. The number of hydrogen-bond acceptors (Lipinski definition) is 1. The zero-order valence-electron chi connectivity index (χ0n) is 12.5. The second-order valence-electron chi connectivity index (χ2n) is 4.25. The predicted octanol–water partition coefficient (Wildman–Crippen LogP) is 5.58. The van der Waals surface area contributed by atoms with Gasteiger partial charge in [0.1, 0.15) is 0 Å². The van der Waals surface area contributed by atoms with Gasteiger partial charge in [-0.3, -0.25) is 0 Å². The lowest BCUT2D eigenvalue weighted by Gasteiger charge is -1.83. The first kappa shape index (κ1) is 17.1. The Hall–Kier alpha value is -2.93. The van der Waals surface area contributed by atoms with Gasteiger partial charge in [-0.25, -0.2) is 0 Å². The van der Waals surface area contributed by atoms with Crippen molar-refractivity contribution in [3.8, 4) is 0 Å². The van der Waals surface area contributed by atoms with Gasteiger partial charge in [0.15, 0.2) is 0 Å². The zero-order chi connectivity index (χ0) is 15.7. The van der Waals surface area contributed by atoms with Crippen LogP contribution in [0.15, 0.2) is 122 Å². The summed E-state index contributed by atoms with van der Waals surface area (Å²) in [6.45, 7) is 0. The van der Waals surface area contributed by atoms with Crippen molar-refractivity contribution in [2.45, 2.75) is 0 Å². The van der Waals surface area contributed by atoms with Crippen LogP contribution < -0.4 is 0 Å². The third-order valence-corrected chi connectivity index (χ3v) is 2.44. The fourth-order valence-corrected chi connectivity index (χ4v) is 1.40. The van der Waals surface area contributed by atoms with Crippen molar-refractivity contribution in [2.75, 3.05) is 0 Å². The first-order chi connectivity index (χ1) is 10.9. The van der Waals surface area contributed by atoms with E-state index in [1.807, 2.05) is 109 Å². The van der Waals surface area contributed by atoms with Gasteiger partial charge in [-0.1, -0.05) is 109 Å². The summed E-state index contributed by atoms with van der Waals surface area (Å²) in [5, 5.41) is 7.72. The number of hydrogen-bond donors (Lipinski definition) is 1. The second kappa shape index (κ2) is 13.1. The molecule has 1 aliphatic carbocycles. The highest BCUT2D eigenvalue weighted by Gasteiger charge is 1.78. The molecule has 0 spiro atoms. The highest BCUT2D eigenvalue weighted by molar-refractivity contribution is 6.01. The van der Waals surface area contributed by atoms with Crippen LogP contribution in [0.1, 0.15) is 0 Å². The third-order valence-electron chi connectivity index (χ3n) is 2.44. The molecule has 0 unspecified atom stereocenters. The second-order valence-corrected chi connectivity index (χ2v) is 4.25. The zero-order valence-corrected chi connectivity index (χ0v) is 12.5. The van der Waals surface area contributed by atoms with Crippen LogP contribution in [0.4, 0.5) is 0 Å². The molecule has 0 atom stereocenters. The summed E-state index contributed by atoms with van der Waals surface area (Å²) >= 11 is 0. The normalized spacial score (nSPS) is 29.4. The molecule has 0 fully saturated rings. The fraction of sp³-hybridized carbons (Fsp3) is 0. The molecule has 1 rings (SSSR count). The molecule has 0 aromatic heterocycles. The Bertz CT molecular complexity index is 558. The monoisotopic (exact) mass is 287 g/mol. The summed E-state index contributed by atoms with van der Waals surface area (Å²) in [7, 11) is 0. The van der Waals surface area contributed by atoms with Gasteiger partial charge < -0.3 is 5.41 Å². The molecule has 1 aliphatic rings. The van der Waals surface area contributed by atoms with E-state index in [2.05, 4.69) is 0 Å². The maximum atomic E-state index is 7.72. The average molecular weight is 287 g/mol. The summed E-state index contributed by atoms with van der Waals surface area (Å²) in [6, 6.07) is 0. The molecule has 110 valence electrons. The van der Waals surface area contributed by atoms with Gasteiger partial charge >= 0.3 is 0 Å². The molecular weight excluding hydrogens is 266 g/mol. The largest absolute Gasteiger partial charge is 0.301 e. The van der Waals surface area contributed by atoms with Crippen molar-refractivity contribution in [3.63, 3.8) is 0 Å². The van der Waals surface area contributed by atoms with Crippen LogP contribution in [0.25, 0.3) is 0 Å². The Morgan fingerprint density at radius 3 is 0.727 bits per heavy atom. The smallest absolute Gasteiger partial charge is 0.0539 e. The van der Waals surface area contributed by atoms with Crippen LogP contribution in [0, 0.1) is 5.41 Å². The molecule has 0 saturated carbocycles. The van der Waals surface area contributed by atoms with Gasteiger partial charge in [-0.2, -0.15) is 0 Å². The minimum Gasteiger partial charge on any atom is -0.301 e. The first-order valence-electron chi connectivity index (χ1n) is 7.16. The van der Waals surface area contributed by atoms with Crippen molar-refractivity contribution in [3.05, 3.63) is 122 Å².